The molecule has 3 fully saturated rings. The van der Waals surface area contributed by atoms with Gasteiger partial charge in [-0.3, -0.25) is 14.4 Å². The quantitative estimate of drug-likeness (QED) is 0.289. The molecule has 2 bridgehead atoms. The van der Waals surface area contributed by atoms with Gasteiger partial charge in [0.1, 0.15) is 12.7 Å². The molecule has 0 amide bonds. The SMILES string of the molecule is CCC(C)(C)C(=O)OC1C2CC3C(=O)OC1C3O2.CCC(C)(C)C(=O)OCC(O)(C(F)(F)F)C(F)(F)F. The van der Waals surface area contributed by atoms with E-state index >= 15 is 0 Å². The van der Waals surface area contributed by atoms with Gasteiger partial charge in [-0.15, -0.1) is 0 Å². The average Bonchev–Trinajstić information content (AvgIpc) is 3.41. The molecule has 3 rings (SSSR count). The summed E-state index contributed by atoms with van der Waals surface area (Å²) < 4.78 is 94.1. The molecule has 214 valence electrons. The molecule has 0 aromatic heterocycles. The van der Waals surface area contributed by atoms with E-state index < -0.39 is 53.6 Å². The van der Waals surface area contributed by atoms with E-state index in [1.807, 2.05) is 20.8 Å². The summed E-state index contributed by atoms with van der Waals surface area (Å²) in [5.41, 5.74) is -6.82. The molecule has 0 radical (unpaired) electrons. The fraction of sp³-hybridized carbons (Fsp3) is 0.870. The van der Waals surface area contributed by atoms with Gasteiger partial charge in [-0.1, -0.05) is 13.8 Å². The molecule has 0 aromatic carbocycles. The number of rotatable bonds is 7. The van der Waals surface area contributed by atoms with Crippen molar-refractivity contribution < 1.29 is 64.8 Å². The van der Waals surface area contributed by atoms with E-state index in [-0.39, 0.29) is 36.5 Å². The molecular weight excluding hydrogens is 518 g/mol. The van der Waals surface area contributed by atoms with Crippen LogP contribution in [-0.4, -0.2) is 72.0 Å². The second-order valence-corrected chi connectivity index (χ2v) is 10.7. The Labute approximate surface area is 209 Å². The highest BCUT2D eigenvalue weighted by atomic mass is 19.4. The second-order valence-electron chi connectivity index (χ2n) is 10.7. The topological polar surface area (TPSA) is 108 Å². The molecule has 0 saturated carbocycles. The standard InChI is InChI=1S/C13H18O5.C10H14F6O3/c1-4-13(2,3)12(15)18-9-7-5-6-8(16-7)10(9)17-11(6)14;1-4-7(2,3)6(17)19-5-8(18,9(11,12)13)10(14,15)16/h6-10H,4-5H2,1-3H3;18H,4-5H2,1-3H3. The maximum absolute atomic E-state index is 12.3. The highest BCUT2D eigenvalue weighted by molar-refractivity contribution is 5.79. The summed E-state index contributed by atoms with van der Waals surface area (Å²) in [6.45, 7) is 7.55. The summed E-state index contributed by atoms with van der Waals surface area (Å²) in [6, 6.07) is 0. The van der Waals surface area contributed by atoms with Crippen LogP contribution in [-0.2, 0) is 33.3 Å². The zero-order valence-corrected chi connectivity index (χ0v) is 21.3. The van der Waals surface area contributed by atoms with Gasteiger partial charge in [0, 0.05) is 0 Å². The number of esters is 3. The largest absolute Gasteiger partial charge is 0.461 e. The molecule has 5 unspecified atom stereocenters. The van der Waals surface area contributed by atoms with Gasteiger partial charge in [-0.05, 0) is 47.0 Å². The van der Waals surface area contributed by atoms with Gasteiger partial charge in [0.25, 0.3) is 5.60 Å². The van der Waals surface area contributed by atoms with E-state index in [9.17, 15) is 40.7 Å². The summed E-state index contributed by atoms with van der Waals surface area (Å²) in [6.07, 6.45) is -11.7. The predicted molar refractivity (Wildman–Crippen MR) is 113 cm³/mol. The fourth-order valence-electron chi connectivity index (χ4n) is 3.64. The minimum Gasteiger partial charge on any atom is -0.461 e. The minimum absolute atomic E-state index is 0.144. The van der Waals surface area contributed by atoms with Crippen LogP contribution in [0.15, 0.2) is 0 Å². The third kappa shape index (κ3) is 5.99. The number of carbonyl (C=O) groups excluding carboxylic acids is 3. The molecule has 8 nitrogen and oxygen atoms in total. The highest BCUT2D eigenvalue weighted by Crippen LogP contribution is 2.48. The van der Waals surface area contributed by atoms with Crippen LogP contribution in [0, 0.1) is 16.7 Å². The van der Waals surface area contributed by atoms with Crippen molar-refractivity contribution in [3.63, 3.8) is 0 Å². The summed E-state index contributed by atoms with van der Waals surface area (Å²) >= 11 is 0. The Kier molecular flexibility index (Phi) is 8.61. The molecule has 3 aliphatic rings. The molecule has 3 saturated heterocycles. The first-order chi connectivity index (χ1) is 16.6. The van der Waals surface area contributed by atoms with E-state index in [0.717, 1.165) is 0 Å². The Morgan fingerprint density at radius 1 is 0.919 bits per heavy atom. The first-order valence-electron chi connectivity index (χ1n) is 11.7. The number of hydrogen-bond donors (Lipinski definition) is 1. The van der Waals surface area contributed by atoms with Crippen molar-refractivity contribution in [2.45, 2.75) is 103 Å². The zero-order chi connectivity index (χ0) is 28.8. The molecule has 0 aromatic rings. The smallest absolute Gasteiger partial charge is 0.429 e. The summed E-state index contributed by atoms with van der Waals surface area (Å²) in [5.74, 6) is -1.84. The van der Waals surface area contributed by atoms with Crippen molar-refractivity contribution >= 4 is 17.9 Å². The number of aliphatic hydroxyl groups is 1. The second kappa shape index (κ2) is 10.2. The Hall–Kier alpha value is -2.09. The summed E-state index contributed by atoms with van der Waals surface area (Å²) in [7, 11) is 0. The molecular formula is C23H32F6O8. The summed E-state index contributed by atoms with van der Waals surface area (Å²) in [4.78, 5) is 34.9. The van der Waals surface area contributed by atoms with Crippen molar-refractivity contribution in [3.8, 4) is 0 Å². The van der Waals surface area contributed by atoms with E-state index in [0.29, 0.717) is 12.8 Å². The van der Waals surface area contributed by atoms with Crippen LogP contribution in [0.25, 0.3) is 0 Å². The van der Waals surface area contributed by atoms with Crippen LogP contribution >= 0.6 is 0 Å². The lowest BCUT2D eigenvalue weighted by molar-refractivity contribution is -0.375. The molecule has 3 aliphatic heterocycles. The van der Waals surface area contributed by atoms with Crippen molar-refractivity contribution in [3.05, 3.63) is 0 Å². The number of hydrogen-bond acceptors (Lipinski definition) is 8. The molecule has 1 N–H and O–H groups in total. The van der Waals surface area contributed by atoms with E-state index in [1.54, 1.807) is 0 Å². The number of halogens is 6. The molecule has 14 heteroatoms. The van der Waals surface area contributed by atoms with Gasteiger partial charge in [-0.2, -0.15) is 26.3 Å². The number of alkyl halides is 6. The van der Waals surface area contributed by atoms with Crippen molar-refractivity contribution in [1.29, 1.82) is 0 Å². The van der Waals surface area contributed by atoms with Gasteiger partial charge >= 0.3 is 30.3 Å². The van der Waals surface area contributed by atoms with Crippen molar-refractivity contribution in [1.82, 2.24) is 0 Å². The highest BCUT2D eigenvalue weighted by Gasteiger charge is 2.71. The first kappa shape index (κ1) is 31.1. The maximum Gasteiger partial charge on any atom is 0.429 e. The van der Waals surface area contributed by atoms with Crippen LogP contribution in [0.3, 0.4) is 0 Å². The lowest BCUT2D eigenvalue weighted by Gasteiger charge is -2.32. The van der Waals surface area contributed by atoms with E-state index in [2.05, 4.69) is 4.74 Å². The van der Waals surface area contributed by atoms with Gasteiger partial charge in [-0.25, -0.2) is 0 Å². The Balaban J connectivity index is 0.000000260. The summed E-state index contributed by atoms with van der Waals surface area (Å²) in [5, 5.41) is 8.74. The lowest BCUT2D eigenvalue weighted by atomic mass is 9.87. The molecule has 0 spiro atoms. The van der Waals surface area contributed by atoms with Gasteiger partial charge in [0.05, 0.1) is 22.9 Å². The first-order valence-corrected chi connectivity index (χ1v) is 11.7. The molecule has 0 aliphatic carbocycles. The average molecular weight is 550 g/mol. The van der Waals surface area contributed by atoms with Crippen LogP contribution in [0.1, 0.15) is 60.8 Å². The lowest BCUT2D eigenvalue weighted by Crippen LogP contribution is -2.60. The normalized spacial score (nSPS) is 27.4. The van der Waals surface area contributed by atoms with Crippen molar-refractivity contribution in [2.75, 3.05) is 6.61 Å². The Bertz CT molecular complexity index is 867. The maximum atomic E-state index is 12.3. The third-order valence-electron chi connectivity index (χ3n) is 7.25. The number of fused-ring (bicyclic) bond motifs is 1. The van der Waals surface area contributed by atoms with Crippen LogP contribution < -0.4 is 0 Å². The predicted octanol–water partition coefficient (Wildman–Crippen LogP) is 3.87. The number of carbonyl (C=O) groups is 3. The van der Waals surface area contributed by atoms with E-state index in [4.69, 9.17) is 19.3 Å². The van der Waals surface area contributed by atoms with Crippen LogP contribution in [0.5, 0.6) is 0 Å². The molecule has 3 heterocycles. The van der Waals surface area contributed by atoms with Gasteiger partial charge in [0.2, 0.25) is 0 Å². The minimum atomic E-state index is -6.00. The third-order valence-corrected chi connectivity index (χ3v) is 7.25. The van der Waals surface area contributed by atoms with E-state index in [1.165, 1.54) is 20.8 Å². The monoisotopic (exact) mass is 550 g/mol. The fourth-order valence-corrected chi connectivity index (χ4v) is 3.64. The van der Waals surface area contributed by atoms with Crippen LogP contribution in [0.2, 0.25) is 0 Å². The van der Waals surface area contributed by atoms with Gasteiger partial charge < -0.3 is 24.1 Å². The van der Waals surface area contributed by atoms with Gasteiger partial charge in [0.15, 0.2) is 12.2 Å². The number of ether oxygens (including phenoxy) is 4. The van der Waals surface area contributed by atoms with Crippen molar-refractivity contribution in [2.24, 2.45) is 16.7 Å². The Morgan fingerprint density at radius 3 is 1.86 bits per heavy atom. The molecule has 37 heavy (non-hydrogen) atoms. The molecule has 5 atom stereocenters. The zero-order valence-electron chi connectivity index (χ0n) is 21.3. The van der Waals surface area contributed by atoms with Crippen LogP contribution in [0.4, 0.5) is 26.3 Å². The Morgan fingerprint density at radius 2 is 1.41 bits per heavy atom.